The van der Waals surface area contributed by atoms with E-state index in [1.54, 1.807) is 6.20 Å². The van der Waals surface area contributed by atoms with Crippen molar-refractivity contribution in [2.75, 3.05) is 14.2 Å². The highest BCUT2D eigenvalue weighted by molar-refractivity contribution is 5.98. The average molecular weight is 317 g/mol. The van der Waals surface area contributed by atoms with E-state index in [-0.39, 0.29) is 11.4 Å². The number of para-hydroxylation sites is 1. The van der Waals surface area contributed by atoms with Crippen molar-refractivity contribution in [2.24, 2.45) is 0 Å². The van der Waals surface area contributed by atoms with Gasteiger partial charge in [0.25, 0.3) is 5.91 Å². The fraction of sp³-hybridized carbons (Fsp3) is 0.312. The second kappa shape index (κ2) is 6.12. The fourth-order valence-electron chi connectivity index (χ4n) is 1.92. The molecule has 7 nitrogen and oxygen atoms in total. The second-order valence-electron chi connectivity index (χ2n) is 5.55. The van der Waals surface area contributed by atoms with Crippen molar-refractivity contribution in [1.82, 2.24) is 14.7 Å². The first-order valence-corrected chi connectivity index (χ1v) is 6.99. The van der Waals surface area contributed by atoms with Gasteiger partial charge in [-0.05, 0) is 26.0 Å². The molecule has 1 aromatic carbocycles. The number of hydrogen-bond acceptors (Lipinski definition) is 4. The number of benzene rings is 1. The predicted molar refractivity (Wildman–Crippen MR) is 83.9 cm³/mol. The van der Waals surface area contributed by atoms with Gasteiger partial charge in [-0.2, -0.15) is 5.10 Å². The number of carbonyl (C=O) groups is 2. The third-order valence-corrected chi connectivity index (χ3v) is 3.79. The number of amides is 1. The molecule has 1 aromatic heterocycles. The first kappa shape index (κ1) is 16.5. The summed E-state index contributed by atoms with van der Waals surface area (Å²) in [6, 6.07) is 9.26. The maximum Gasteiger partial charge on any atom is 0.329 e. The van der Waals surface area contributed by atoms with Crippen molar-refractivity contribution < 1.29 is 19.4 Å². The monoisotopic (exact) mass is 317 g/mol. The second-order valence-corrected chi connectivity index (χ2v) is 5.55. The van der Waals surface area contributed by atoms with E-state index in [1.807, 2.05) is 30.3 Å². The van der Waals surface area contributed by atoms with Gasteiger partial charge >= 0.3 is 5.97 Å². The largest absolute Gasteiger partial charge is 0.493 e. The van der Waals surface area contributed by atoms with Crippen LogP contribution in [0, 0.1) is 0 Å². The van der Waals surface area contributed by atoms with Crippen LogP contribution in [-0.2, 0) is 4.79 Å². The molecule has 0 spiro atoms. The molecular weight excluding hydrogens is 298 g/mol. The Balaban J connectivity index is 2.41. The molecule has 1 amide bonds. The SMILES string of the molecule is COc1cn(-c2ccccc2)nc1C(=O)N(C)C(C)(C)C(=O)O. The molecule has 0 unspecified atom stereocenters. The molecule has 2 aromatic rings. The van der Waals surface area contributed by atoms with Crippen LogP contribution >= 0.6 is 0 Å². The molecule has 0 bridgehead atoms. The van der Waals surface area contributed by atoms with Crippen molar-refractivity contribution in [3.63, 3.8) is 0 Å². The summed E-state index contributed by atoms with van der Waals surface area (Å²) in [6.07, 6.45) is 1.59. The Labute approximate surface area is 134 Å². The van der Waals surface area contributed by atoms with Crippen LogP contribution in [0.4, 0.5) is 0 Å². The predicted octanol–water partition coefficient (Wildman–Crippen LogP) is 1.82. The quantitative estimate of drug-likeness (QED) is 0.909. The maximum atomic E-state index is 12.6. The summed E-state index contributed by atoms with van der Waals surface area (Å²) >= 11 is 0. The molecule has 0 aliphatic carbocycles. The number of rotatable bonds is 5. The minimum atomic E-state index is -1.36. The van der Waals surface area contributed by atoms with Crippen molar-refractivity contribution in [1.29, 1.82) is 0 Å². The highest BCUT2D eigenvalue weighted by Crippen LogP contribution is 2.23. The molecule has 0 atom stereocenters. The molecular formula is C16H19N3O4. The van der Waals surface area contributed by atoms with Crippen LogP contribution in [0.15, 0.2) is 36.5 Å². The van der Waals surface area contributed by atoms with Gasteiger partial charge in [0, 0.05) is 7.05 Å². The topological polar surface area (TPSA) is 84.7 Å². The molecule has 2 rings (SSSR count). The summed E-state index contributed by atoms with van der Waals surface area (Å²) in [5.74, 6) is -1.34. The number of hydrogen-bond donors (Lipinski definition) is 1. The third kappa shape index (κ3) is 3.03. The zero-order chi connectivity index (χ0) is 17.2. The molecule has 1 heterocycles. The summed E-state index contributed by atoms with van der Waals surface area (Å²) < 4.78 is 6.74. The van der Waals surface area contributed by atoms with Crippen LogP contribution in [0.25, 0.3) is 5.69 Å². The number of ether oxygens (including phenoxy) is 1. The van der Waals surface area contributed by atoms with Crippen molar-refractivity contribution in [2.45, 2.75) is 19.4 Å². The minimum absolute atomic E-state index is 0.0631. The summed E-state index contributed by atoms with van der Waals surface area (Å²) in [7, 11) is 2.86. The van der Waals surface area contributed by atoms with Gasteiger partial charge in [-0.1, -0.05) is 18.2 Å². The lowest BCUT2D eigenvalue weighted by Crippen LogP contribution is -2.50. The Hall–Kier alpha value is -2.83. The Morgan fingerprint density at radius 2 is 1.87 bits per heavy atom. The normalized spacial score (nSPS) is 11.1. The lowest BCUT2D eigenvalue weighted by atomic mass is 10.0. The first-order chi connectivity index (χ1) is 10.8. The molecule has 23 heavy (non-hydrogen) atoms. The van der Waals surface area contributed by atoms with Crippen LogP contribution in [0.1, 0.15) is 24.3 Å². The molecule has 0 fully saturated rings. The van der Waals surface area contributed by atoms with Crippen molar-refractivity contribution >= 4 is 11.9 Å². The number of carboxylic acids is 1. The van der Waals surface area contributed by atoms with E-state index in [9.17, 15) is 14.7 Å². The number of aliphatic carboxylic acids is 1. The Morgan fingerprint density at radius 3 is 2.39 bits per heavy atom. The van der Waals surface area contributed by atoms with Crippen LogP contribution in [0.2, 0.25) is 0 Å². The van der Waals surface area contributed by atoms with Gasteiger partial charge in [-0.3, -0.25) is 4.79 Å². The highest BCUT2D eigenvalue weighted by atomic mass is 16.5. The zero-order valence-electron chi connectivity index (χ0n) is 13.5. The molecule has 0 aliphatic rings. The fourth-order valence-corrected chi connectivity index (χ4v) is 1.92. The first-order valence-electron chi connectivity index (χ1n) is 6.99. The van der Waals surface area contributed by atoms with Gasteiger partial charge < -0.3 is 14.7 Å². The minimum Gasteiger partial charge on any atom is -0.493 e. The molecule has 0 radical (unpaired) electrons. The summed E-state index contributed by atoms with van der Waals surface area (Å²) in [4.78, 5) is 25.1. The summed E-state index contributed by atoms with van der Waals surface area (Å²) in [6.45, 7) is 2.90. The molecule has 122 valence electrons. The van der Waals surface area contributed by atoms with Crippen LogP contribution in [-0.4, -0.2) is 51.4 Å². The lowest BCUT2D eigenvalue weighted by Gasteiger charge is -2.31. The maximum absolute atomic E-state index is 12.6. The van der Waals surface area contributed by atoms with E-state index in [0.717, 1.165) is 10.6 Å². The van der Waals surface area contributed by atoms with Gasteiger partial charge in [0.15, 0.2) is 11.4 Å². The number of carboxylic acid groups (broad SMARTS) is 1. The number of likely N-dealkylation sites (N-methyl/N-ethyl adjacent to an activating group) is 1. The van der Waals surface area contributed by atoms with Crippen LogP contribution in [0.5, 0.6) is 5.75 Å². The highest BCUT2D eigenvalue weighted by Gasteiger charge is 2.37. The Kier molecular flexibility index (Phi) is 4.40. The lowest BCUT2D eigenvalue weighted by molar-refractivity contribution is -0.147. The van der Waals surface area contributed by atoms with Gasteiger partial charge in [0.2, 0.25) is 0 Å². The smallest absolute Gasteiger partial charge is 0.329 e. The van der Waals surface area contributed by atoms with Crippen molar-refractivity contribution in [3.05, 3.63) is 42.2 Å². The van der Waals surface area contributed by atoms with E-state index in [4.69, 9.17) is 4.74 Å². The Bertz CT molecular complexity index is 722. The summed E-state index contributed by atoms with van der Waals surface area (Å²) in [5, 5.41) is 13.5. The van der Waals surface area contributed by atoms with E-state index in [2.05, 4.69) is 5.10 Å². The van der Waals surface area contributed by atoms with E-state index in [0.29, 0.717) is 0 Å². The molecule has 7 heteroatoms. The van der Waals surface area contributed by atoms with Crippen molar-refractivity contribution in [3.8, 4) is 11.4 Å². The zero-order valence-corrected chi connectivity index (χ0v) is 13.5. The number of carbonyl (C=O) groups excluding carboxylic acids is 1. The van der Waals surface area contributed by atoms with Gasteiger partial charge in [0.05, 0.1) is 19.0 Å². The molecule has 0 saturated heterocycles. The number of methoxy groups -OCH3 is 1. The van der Waals surface area contributed by atoms with Gasteiger partial charge in [-0.15, -0.1) is 0 Å². The number of aromatic nitrogens is 2. The molecule has 0 aliphatic heterocycles. The van der Waals surface area contributed by atoms with E-state index in [1.165, 1.54) is 32.7 Å². The third-order valence-electron chi connectivity index (χ3n) is 3.79. The average Bonchev–Trinajstić information content (AvgIpc) is 2.98. The van der Waals surface area contributed by atoms with Gasteiger partial charge in [0.1, 0.15) is 5.54 Å². The number of nitrogens with zero attached hydrogens (tertiary/aromatic N) is 3. The standard InChI is InChI=1S/C16H19N3O4/c1-16(2,15(21)22)18(3)14(20)13-12(23-4)10-19(17-13)11-8-6-5-7-9-11/h5-10H,1-4H3,(H,21,22). The molecule has 1 N–H and O–H groups in total. The molecule has 0 saturated carbocycles. The van der Waals surface area contributed by atoms with Crippen LogP contribution < -0.4 is 4.74 Å². The van der Waals surface area contributed by atoms with Crippen LogP contribution in [0.3, 0.4) is 0 Å². The van der Waals surface area contributed by atoms with Gasteiger partial charge in [-0.25, -0.2) is 9.48 Å². The summed E-state index contributed by atoms with van der Waals surface area (Å²) in [5.41, 5.74) is -0.531. The van der Waals surface area contributed by atoms with E-state index < -0.39 is 17.4 Å². The van der Waals surface area contributed by atoms with E-state index >= 15 is 0 Å². The Morgan fingerprint density at radius 1 is 1.26 bits per heavy atom.